The SMILES string of the molecule is [Pt+2].[c-]1ccccc1-c1cccc(C(=C(c2cccc3ccccc23)c2cccc3ccccc23)c2cccc(-c3[c-]cccc3)n2)n1. The van der Waals surface area contributed by atoms with Gasteiger partial charge in [-0.25, -0.2) is 0 Å². The molecule has 47 heavy (non-hydrogen) atoms. The van der Waals surface area contributed by atoms with Crippen molar-refractivity contribution in [1.29, 1.82) is 0 Å². The second-order valence-corrected chi connectivity index (χ2v) is 11.2. The molecule has 0 saturated heterocycles. The molecule has 6 aromatic carbocycles. The maximum Gasteiger partial charge on any atom is 2.00 e. The molecule has 0 aliphatic rings. The fourth-order valence-electron chi connectivity index (χ4n) is 6.24. The number of nitrogens with zero attached hydrogens (tertiary/aromatic N) is 2. The van der Waals surface area contributed by atoms with Gasteiger partial charge in [-0.05, 0) is 56.2 Å². The van der Waals surface area contributed by atoms with Crippen LogP contribution in [0.2, 0.25) is 0 Å². The van der Waals surface area contributed by atoms with E-state index >= 15 is 0 Å². The largest absolute Gasteiger partial charge is 2.00 e. The number of pyridine rings is 2. The molecule has 0 unspecified atom stereocenters. The van der Waals surface area contributed by atoms with Gasteiger partial charge in [0.2, 0.25) is 0 Å². The van der Waals surface area contributed by atoms with Crippen molar-refractivity contribution in [2.45, 2.75) is 0 Å². The third kappa shape index (κ3) is 5.97. The molecule has 0 fully saturated rings. The van der Waals surface area contributed by atoms with Crippen LogP contribution >= 0.6 is 0 Å². The quantitative estimate of drug-likeness (QED) is 0.157. The van der Waals surface area contributed by atoms with Gasteiger partial charge in [-0.2, -0.15) is 0 Å². The molecule has 0 N–H and O–H groups in total. The van der Waals surface area contributed by atoms with Gasteiger partial charge < -0.3 is 0 Å². The van der Waals surface area contributed by atoms with Crippen molar-refractivity contribution in [3.8, 4) is 22.5 Å². The minimum absolute atomic E-state index is 0. The number of hydrogen-bond donors (Lipinski definition) is 0. The van der Waals surface area contributed by atoms with Crippen molar-refractivity contribution in [1.82, 2.24) is 9.97 Å². The summed E-state index contributed by atoms with van der Waals surface area (Å²) in [7, 11) is 0. The van der Waals surface area contributed by atoms with Crippen LogP contribution < -0.4 is 0 Å². The van der Waals surface area contributed by atoms with Gasteiger partial charge in [-0.3, -0.25) is 9.97 Å². The summed E-state index contributed by atoms with van der Waals surface area (Å²) in [5, 5.41) is 4.70. The third-order valence-electron chi connectivity index (χ3n) is 8.35. The van der Waals surface area contributed by atoms with Crippen molar-refractivity contribution in [3.63, 3.8) is 0 Å². The molecule has 0 saturated carbocycles. The fraction of sp³-hybridized carbons (Fsp3) is 0. The molecule has 2 nitrogen and oxygen atoms in total. The van der Waals surface area contributed by atoms with Gasteiger partial charge >= 0.3 is 21.1 Å². The van der Waals surface area contributed by atoms with E-state index in [-0.39, 0.29) is 21.1 Å². The average Bonchev–Trinajstić information content (AvgIpc) is 3.14. The van der Waals surface area contributed by atoms with Crippen LogP contribution in [0.25, 0.3) is 55.2 Å². The maximum atomic E-state index is 5.32. The van der Waals surface area contributed by atoms with Gasteiger partial charge in [0.05, 0.1) is 11.4 Å². The summed E-state index contributed by atoms with van der Waals surface area (Å²) >= 11 is 0. The zero-order chi connectivity index (χ0) is 30.7. The molecule has 8 aromatic rings. The second kappa shape index (κ2) is 13.5. The Labute approximate surface area is 289 Å². The van der Waals surface area contributed by atoms with Gasteiger partial charge in [0.15, 0.2) is 0 Å². The minimum Gasteiger partial charge on any atom is -0.296 e. The molecule has 8 rings (SSSR count). The first-order chi connectivity index (χ1) is 22.8. The van der Waals surface area contributed by atoms with E-state index in [4.69, 9.17) is 9.97 Å². The van der Waals surface area contributed by atoms with Crippen molar-refractivity contribution >= 4 is 32.7 Å². The first kappa shape index (κ1) is 30.2. The predicted molar refractivity (Wildman–Crippen MR) is 190 cm³/mol. The predicted octanol–water partition coefficient (Wildman–Crippen LogP) is 10.7. The Bertz CT molecular complexity index is 2190. The van der Waals surface area contributed by atoms with Gasteiger partial charge in [-0.1, -0.05) is 109 Å². The van der Waals surface area contributed by atoms with Crippen molar-refractivity contribution in [2.75, 3.05) is 0 Å². The Hall–Kier alpha value is -5.43. The van der Waals surface area contributed by atoms with Crippen LogP contribution in [0.1, 0.15) is 22.5 Å². The standard InChI is InChI=1S/C44H28N2.Pt/c1-3-17-33(18-4-1)39-27-13-29-41(45-39)44(42-30-14-28-40(46-42)34-19-5-2-6-20-34)43(37-25-11-21-31-15-7-9-23-35(31)37)38-26-12-22-32-16-8-10-24-36(32)38;/h1-17,19,21-30H;/q-2;+2. The van der Waals surface area contributed by atoms with E-state index in [1.165, 1.54) is 21.5 Å². The Morgan fingerprint density at radius 3 is 1.28 bits per heavy atom. The van der Waals surface area contributed by atoms with Crippen LogP contribution in [-0.4, -0.2) is 9.97 Å². The fourth-order valence-corrected chi connectivity index (χ4v) is 6.24. The smallest absolute Gasteiger partial charge is 0.296 e. The van der Waals surface area contributed by atoms with E-state index < -0.39 is 0 Å². The molecule has 0 radical (unpaired) electrons. The van der Waals surface area contributed by atoms with Crippen LogP contribution in [0.5, 0.6) is 0 Å². The summed E-state index contributed by atoms with van der Waals surface area (Å²) in [5.41, 5.74) is 9.58. The molecule has 0 amide bonds. The van der Waals surface area contributed by atoms with Crippen LogP contribution in [0.15, 0.2) is 170 Å². The van der Waals surface area contributed by atoms with Crippen molar-refractivity contribution in [3.05, 3.63) is 205 Å². The van der Waals surface area contributed by atoms with E-state index in [0.29, 0.717) is 0 Å². The topological polar surface area (TPSA) is 25.8 Å². The zero-order valence-electron chi connectivity index (χ0n) is 25.4. The van der Waals surface area contributed by atoms with E-state index in [1.54, 1.807) is 0 Å². The summed E-state index contributed by atoms with van der Waals surface area (Å²) in [6, 6.07) is 65.4. The summed E-state index contributed by atoms with van der Waals surface area (Å²) in [4.78, 5) is 10.6. The molecule has 224 valence electrons. The first-order valence-corrected chi connectivity index (χ1v) is 15.4. The molecule has 0 atom stereocenters. The number of hydrogen-bond acceptors (Lipinski definition) is 2. The van der Waals surface area contributed by atoms with Crippen LogP contribution in [0.4, 0.5) is 0 Å². The Balaban J connectivity index is 0.00000351. The van der Waals surface area contributed by atoms with Crippen LogP contribution in [-0.2, 0) is 21.1 Å². The summed E-state index contributed by atoms with van der Waals surface area (Å²) in [5.74, 6) is 0. The number of aromatic nitrogens is 2. The Morgan fingerprint density at radius 2 is 0.809 bits per heavy atom. The first-order valence-electron chi connectivity index (χ1n) is 15.4. The monoisotopic (exact) mass is 779 g/mol. The summed E-state index contributed by atoms with van der Waals surface area (Å²) in [6.45, 7) is 0. The van der Waals surface area contributed by atoms with Crippen molar-refractivity contribution < 1.29 is 21.1 Å². The maximum absolute atomic E-state index is 5.32. The molecule has 0 aliphatic carbocycles. The van der Waals surface area contributed by atoms with Crippen LogP contribution in [0, 0.1) is 12.1 Å². The molecule has 2 heterocycles. The second-order valence-electron chi connectivity index (χ2n) is 11.2. The van der Waals surface area contributed by atoms with Crippen molar-refractivity contribution in [2.24, 2.45) is 0 Å². The Morgan fingerprint density at radius 1 is 0.383 bits per heavy atom. The minimum atomic E-state index is 0. The molecule has 3 heteroatoms. The normalized spacial score (nSPS) is 10.8. The average molecular weight is 780 g/mol. The number of benzene rings is 6. The van der Waals surface area contributed by atoms with E-state index in [9.17, 15) is 0 Å². The summed E-state index contributed by atoms with van der Waals surface area (Å²) < 4.78 is 0. The number of rotatable bonds is 6. The molecule has 0 bridgehead atoms. The van der Waals surface area contributed by atoms with Gasteiger partial charge in [-0.15, -0.1) is 71.8 Å². The van der Waals surface area contributed by atoms with E-state index in [0.717, 1.165) is 56.2 Å². The van der Waals surface area contributed by atoms with E-state index in [2.05, 4.69) is 133 Å². The van der Waals surface area contributed by atoms with E-state index in [1.807, 2.05) is 48.5 Å². The summed E-state index contributed by atoms with van der Waals surface area (Å²) in [6.07, 6.45) is 0. The molecule has 2 aromatic heterocycles. The van der Waals surface area contributed by atoms with Gasteiger partial charge in [0.1, 0.15) is 0 Å². The van der Waals surface area contributed by atoms with Crippen LogP contribution in [0.3, 0.4) is 0 Å². The molecule has 0 aliphatic heterocycles. The zero-order valence-corrected chi connectivity index (χ0v) is 27.6. The molecular formula is C44H28N2Pt. The molecule has 0 spiro atoms. The van der Waals surface area contributed by atoms with Gasteiger partial charge in [0.25, 0.3) is 0 Å². The number of fused-ring (bicyclic) bond motifs is 2. The molecular weight excluding hydrogens is 752 g/mol. The van der Waals surface area contributed by atoms with Gasteiger partial charge in [0, 0.05) is 11.1 Å². The Kier molecular flexibility index (Phi) is 8.69. The third-order valence-corrected chi connectivity index (χ3v) is 8.35.